The third-order valence-corrected chi connectivity index (χ3v) is 0.705. The van der Waals surface area contributed by atoms with Crippen molar-refractivity contribution < 1.29 is 0 Å². The summed E-state index contributed by atoms with van der Waals surface area (Å²) in [5.74, 6) is 0. The fraction of sp³-hybridized carbons (Fsp3) is 0.667. The van der Waals surface area contributed by atoms with Crippen LogP contribution in [-0.2, 0) is 0 Å². The molecule has 0 aromatic carbocycles. The predicted octanol–water partition coefficient (Wildman–Crippen LogP) is -0.0386. The summed E-state index contributed by atoms with van der Waals surface area (Å²) in [6, 6.07) is 0. The standard InChI is InChI=1S/C6H15N3/c1-6(2,7)9-5-4-8-3/h4-5,8-9H,7H2,1-3H3/b5-4+. The van der Waals surface area contributed by atoms with Gasteiger partial charge in [-0.3, -0.25) is 0 Å². The first-order valence-corrected chi connectivity index (χ1v) is 2.95. The maximum absolute atomic E-state index is 5.59. The summed E-state index contributed by atoms with van der Waals surface area (Å²) in [5, 5.41) is 5.80. The molecule has 3 heteroatoms. The minimum absolute atomic E-state index is 0.326. The quantitative estimate of drug-likeness (QED) is 0.469. The third kappa shape index (κ3) is 7.30. The van der Waals surface area contributed by atoms with Crippen LogP contribution in [0.2, 0.25) is 0 Å². The first kappa shape index (κ1) is 8.30. The van der Waals surface area contributed by atoms with Crippen molar-refractivity contribution in [1.82, 2.24) is 10.6 Å². The molecular weight excluding hydrogens is 114 g/mol. The lowest BCUT2D eigenvalue weighted by atomic mass is 10.3. The van der Waals surface area contributed by atoms with E-state index < -0.39 is 0 Å². The zero-order valence-electron chi connectivity index (χ0n) is 6.23. The smallest absolute Gasteiger partial charge is 0.0794 e. The van der Waals surface area contributed by atoms with E-state index in [0.717, 1.165) is 0 Å². The molecule has 0 aliphatic carbocycles. The Kier molecular flexibility index (Phi) is 3.09. The van der Waals surface area contributed by atoms with Gasteiger partial charge in [0.1, 0.15) is 0 Å². The monoisotopic (exact) mass is 129 g/mol. The van der Waals surface area contributed by atoms with Crippen LogP contribution in [0.25, 0.3) is 0 Å². The van der Waals surface area contributed by atoms with Crippen molar-refractivity contribution in [3.63, 3.8) is 0 Å². The molecule has 3 nitrogen and oxygen atoms in total. The van der Waals surface area contributed by atoms with E-state index in [1.165, 1.54) is 0 Å². The highest BCUT2D eigenvalue weighted by atomic mass is 15.1. The Balaban J connectivity index is 3.38. The Hall–Kier alpha value is -0.700. The van der Waals surface area contributed by atoms with Crippen LogP contribution in [0.5, 0.6) is 0 Å². The van der Waals surface area contributed by atoms with Crippen molar-refractivity contribution in [3.05, 3.63) is 12.4 Å². The molecule has 0 aromatic heterocycles. The van der Waals surface area contributed by atoms with E-state index in [1.807, 2.05) is 20.9 Å². The van der Waals surface area contributed by atoms with Gasteiger partial charge in [-0.15, -0.1) is 0 Å². The fourth-order valence-corrected chi connectivity index (χ4v) is 0.340. The number of nitrogens with one attached hydrogen (secondary N) is 2. The highest BCUT2D eigenvalue weighted by molar-refractivity contribution is 4.82. The van der Waals surface area contributed by atoms with Crippen LogP contribution >= 0.6 is 0 Å². The van der Waals surface area contributed by atoms with Crippen LogP contribution in [0.4, 0.5) is 0 Å². The first-order valence-electron chi connectivity index (χ1n) is 2.95. The van der Waals surface area contributed by atoms with E-state index >= 15 is 0 Å². The van der Waals surface area contributed by atoms with Gasteiger partial charge in [0.05, 0.1) is 5.66 Å². The molecule has 54 valence electrons. The summed E-state index contributed by atoms with van der Waals surface area (Å²) in [5.41, 5.74) is 5.26. The van der Waals surface area contributed by atoms with E-state index in [2.05, 4.69) is 10.6 Å². The summed E-state index contributed by atoms with van der Waals surface area (Å²) in [6.45, 7) is 3.79. The molecule has 0 saturated carbocycles. The number of nitrogens with two attached hydrogens (primary N) is 1. The lowest BCUT2D eigenvalue weighted by Crippen LogP contribution is -2.44. The topological polar surface area (TPSA) is 50.1 Å². The second-order valence-electron chi connectivity index (χ2n) is 2.49. The average Bonchev–Trinajstić information content (AvgIpc) is 1.63. The predicted molar refractivity (Wildman–Crippen MR) is 39.6 cm³/mol. The number of hydrogen-bond acceptors (Lipinski definition) is 3. The van der Waals surface area contributed by atoms with Crippen molar-refractivity contribution >= 4 is 0 Å². The van der Waals surface area contributed by atoms with Gasteiger partial charge in [0, 0.05) is 19.4 Å². The van der Waals surface area contributed by atoms with Gasteiger partial charge < -0.3 is 16.4 Å². The Labute approximate surface area is 56.3 Å². The van der Waals surface area contributed by atoms with Crippen LogP contribution in [0.1, 0.15) is 13.8 Å². The van der Waals surface area contributed by atoms with Crippen molar-refractivity contribution in [2.75, 3.05) is 7.05 Å². The second kappa shape index (κ2) is 3.35. The molecule has 0 atom stereocenters. The molecule has 0 unspecified atom stereocenters. The van der Waals surface area contributed by atoms with Crippen molar-refractivity contribution in [1.29, 1.82) is 0 Å². The summed E-state index contributed by atoms with van der Waals surface area (Å²) in [4.78, 5) is 0. The molecule has 0 amide bonds. The van der Waals surface area contributed by atoms with Crippen LogP contribution in [0.15, 0.2) is 12.4 Å². The van der Waals surface area contributed by atoms with Gasteiger partial charge in [0.2, 0.25) is 0 Å². The molecule has 0 spiro atoms. The zero-order valence-corrected chi connectivity index (χ0v) is 6.23. The minimum atomic E-state index is -0.326. The second-order valence-corrected chi connectivity index (χ2v) is 2.49. The van der Waals surface area contributed by atoms with E-state index in [0.29, 0.717) is 0 Å². The van der Waals surface area contributed by atoms with Crippen molar-refractivity contribution in [2.45, 2.75) is 19.5 Å². The largest absolute Gasteiger partial charge is 0.393 e. The molecule has 0 aliphatic heterocycles. The molecule has 0 saturated heterocycles. The molecular formula is C6H15N3. The lowest BCUT2D eigenvalue weighted by Gasteiger charge is -2.18. The molecule has 0 heterocycles. The normalized spacial score (nSPS) is 12.0. The molecule has 0 aliphatic rings. The summed E-state index contributed by atoms with van der Waals surface area (Å²) >= 11 is 0. The fourth-order valence-electron chi connectivity index (χ4n) is 0.340. The van der Waals surface area contributed by atoms with E-state index in [9.17, 15) is 0 Å². The van der Waals surface area contributed by atoms with Gasteiger partial charge in [0.25, 0.3) is 0 Å². The summed E-state index contributed by atoms with van der Waals surface area (Å²) < 4.78 is 0. The van der Waals surface area contributed by atoms with Crippen molar-refractivity contribution in [3.8, 4) is 0 Å². The average molecular weight is 129 g/mol. The zero-order chi connectivity index (χ0) is 7.33. The van der Waals surface area contributed by atoms with Gasteiger partial charge in [0.15, 0.2) is 0 Å². The third-order valence-electron chi connectivity index (χ3n) is 0.705. The molecule has 9 heavy (non-hydrogen) atoms. The van der Waals surface area contributed by atoms with Gasteiger partial charge >= 0.3 is 0 Å². The first-order chi connectivity index (χ1) is 4.06. The van der Waals surface area contributed by atoms with Gasteiger partial charge in [-0.05, 0) is 13.8 Å². The van der Waals surface area contributed by atoms with Gasteiger partial charge in [-0.2, -0.15) is 0 Å². The Morgan fingerprint density at radius 3 is 2.22 bits per heavy atom. The lowest BCUT2D eigenvalue weighted by molar-refractivity contribution is 0.462. The number of hydrogen-bond donors (Lipinski definition) is 3. The Morgan fingerprint density at radius 2 is 1.89 bits per heavy atom. The molecule has 0 aromatic rings. The van der Waals surface area contributed by atoms with Crippen LogP contribution in [0, 0.1) is 0 Å². The van der Waals surface area contributed by atoms with Crippen LogP contribution in [-0.4, -0.2) is 12.7 Å². The summed E-state index contributed by atoms with van der Waals surface area (Å²) in [7, 11) is 1.84. The summed E-state index contributed by atoms with van der Waals surface area (Å²) in [6.07, 6.45) is 3.56. The van der Waals surface area contributed by atoms with Crippen molar-refractivity contribution in [2.24, 2.45) is 5.73 Å². The van der Waals surface area contributed by atoms with E-state index in [4.69, 9.17) is 5.73 Å². The molecule has 4 N–H and O–H groups in total. The SMILES string of the molecule is CN/C=C/NC(C)(C)N. The van der Waals surface area contributed by atoms with Gasteiger partial charge in [-0.1, -0.05) is 0 Å². The minimum Gasteiger partial charge on any atom is -0.393 e. The Morgan fingerprint density at radius 1 is 1.33 bits per heavy atom. The maximum Gasteiger partial charge on any atom is 0.0794 e. The van der Waals surface area contributed by atoms with Crippen LogP contribution in [0.3, 0.4) is 0 Å². The van der Waals surface area contributed by atoms with Crippen LogP contribution < -0.4 is 16.4 Å². The molecule has 0 fully saturated rings. The van der Waals surface area contributed by atoms with Gasteiger partial charge in [-0.25, -0.2) is 0 Å². The maximum atomic E-state index is 5.59. The molecule has 0 radical (unpaired) electrons. The highest BCUT2D eigenvalue weighted by Gasteiger charge is 2.03. The van der Waals surface area contributed by atoms with E-state index in [1.54, 1.807) is 12.4 Å². The molecule has 0 rings (SSSR count). The number of rotatable bonds is 3. The molecule has 0 bridgehead atoms. The highest BCUT2D eigenvalue weighted by Crippen LogP contribution is 1.87. The van der Waals surface area contributed by atoms with E-state index in [-0.39, 0.29) is 5.66 Å². The Bertz CT molecular complexity index is 91.0.